The highest BCUT2D eigenvalue weighted by Gasteiger charge is 2.31. The van der Waals surface area contributed by atoms with E-state index in [9.17, 15) is 0 Å². The Balaban J connectivity index is 1.69. The largest absolute Gasteiger partial charge is 0.0990 e. The highest BCUT2D eigenvalue weighted by molar-refractivity contribution is 6.27. The van der Waals surface area contributed by atoms with Gasteiger partial charge in [-0.15, -0.1) is 0 Å². The summed E-state index contributed by atoms with van der Waals surface area (Å²) in [4.78, 5) is 0. The van der Waals surface area contributed by atoms with Crippen molar-refractivity contribution in [3.05, 3.63) is 152 Å². The van der Waals surface area contributed by atoms with Crippen LogP contribution in [-0.4, -0.2) is 0 Å². The monoisotopic (exact) mass is 496 g/mol. The number of allylic oxidation sites excluding steroid dienone is 4. The number of benzene rings is 6. The maximum atomic E-state index is 4.21. The van der Waals surface area contributed by atoms with Crippen LogP contribution in [0.25, 0.3) is 71.6 Å². The molecule has 0 saturated heterocycles. The maximum Gasteiger partial charge on any atom is -0.000741 e. The zero-order chi connectivity index (χ0) is 26.5. The fourth-order valence-corrected chi connectivity index (χ4v) is 6.37. The van der Waals surface area contributed by atoms with Gasteiger partial charge in [0, 0.05) is 0 Å². The summed E-state index contributed by atoms with van der Waals surface area (Å²) in [5.74, 6) is 0. The van der Waals surface area contributed by atoms with Crippen molar-refractivity contribution in [3.8, 4) is 44.5 Å². The van der Waals surface area contributed by atoms with Crippen molar-refractivity contribution in [2.75, 3.05) is 0 Å². The second-order valence-corrected chi connectivity index (χ2v) is 10.2. The average Bonchev–Trinajstić information content (AvgIpc) is 3.31. The normalized spacial score (nSPS) is 12.1. The number of fused-ring (bicyclic) bond motifs is 4. The van der Waals surface area contributed by atoms with E-state index in [1.165, 1.54) is 77.2 Å². The SMILES string of the molecule is C=C/C=C(\C=C)c1c2c(c(-c3ccccc3)c3ccccc13)-c1ccc(-c3ccc(C)cc3)c3cccc-2c13. The lowest BCUT2D eigenvalue weighted by Crippen LogP contribution is -1.95. The third-order valence-corrected chi connectivity index (χ3v) is 8.03. The Bertz CT molecular complexity index is 1970. The highest BCUT2D eigenvalue weighted by atomic mass is 14.3. The van der Waals surface area contributed by atoms with Gasteiger partial charge in [-0.05, 0) is 84.1 Å². The summed E-state index contributed by atoms with van der Waals surface area (Å²) >= 11 is 0. The van der Waals surface area contributed by atoms with Gasteiger partial charge in [-0.2, -0.15) is 0 Å². The second-order valence-electron chi connectivity index (χ2n) is 10.2. The number of hydrogen-bond acceptors (Lipinski definition) is 0. The minimum Gasteiger partial charge on any atom is -0.0990 e. The molecule has 0 aliphatic heterocycles. The fraction of sp³-hybridized carbons (Fsp3) is 0.0256. The molecule has 0 spiro atoms. The molecule has 184 valence electrons. The summed E-state index contributed by atoms with van der Waals surface area (Å²) in [5.41, 5.74) is 13.7. The smallest absolute Gasteiger partial charge is 0.000741 e. The van der Waals surface area contributed by atoms with Crippen LogP contribution in [0.2, 0.25) is 0 Å². The van der Waals surface area contributed by atoms with E-state index in [2.05, 4.69) is 135 Å². The van der Waals surface area contributed by atoms with Crippen molar-refractivity contribution in [3.63, 3.8) is 0 Å². The Kier molecular flexibility index (Phi) is 5.42. The quantitative estimate of drug-likeness (QED) is 0.208. The number of rotatable bonds is 5. The van der Waals surface area contributed by atoms with E-state index in [1.807, 2.05) is 12.2 Å². The van der Waals surface area contributed by atoms with Gasteiger partial charge < -0.3 is 0 Å². The Labute approximate surface area is 229 Å². The summed E-state index contributed by atoms with van der Waals surface area (Å²) < 4.78 is 0. The van der Waals surface area contributed by atoms with Gasteiger partial charge >= 0.3 is 0 Å². The average molecular weight is 497 g/mol. The van der Waals surface area contributed by atoms with Gasteiger partial charge in [-0.25, -0.2) is 0 Å². The molecule has 0 aromatic heterocycles. The van der Waals surface area contributed by atoms with Gasteiger partial charge in [-0.1, -0.05) is 146 Å². The molecular weight excluding hydrogens is 468 g/mol. The van der Waals surface area contributed by atoms with Gasteiger partial charge in [0.1, 0.15) is 0 Å². The molecule has 0 atom stereocenters. The van der Waals surface area contributed by atoms with Crippen LogP contribution in [0.5, 0.6) is 0 Å². The van der Waals surface area contributed by atoms with Crippen LogP contribution in [0.4, 0.5) is 0 Å². The van der Waals surface area contributed by atoms with E-state index in [0.717, 1.165) is 5.57 Å². The van der Waals surface area contributed by atoms with Crippen LogP contribution >= 0.6 is 0 Å². The molecule has 0 N–H and O–H groups in total. The van der Waals surface area contributed by atoms with Crippen molar-refractivity contribution >= 4 is 27.1 Å². The molecule has 6 aromatic carbocycles. The molecule has 0 heterocycles. The Morgan fingerprint density at radius 2 is 1.21 bits per heavy atom. The first kappa shape index (κ1) is 23.2. The molecule has 0 radical (unpaired) electrons. The van der Waals surface area contributed by atoms with Crippen LogP contribution in [0.3, 0.4) is 0 Å². The van der Waals surface area contributed by atoms with Crippen LogP contribution in [0, 0.1) is 6.92 Å². The third kappa shape index (κ3) is 3.46. The van der Waals surface area contributed by atoms with Crippen molar-refractivity contribution in [1.82, 2.24) is 0 Å². The van der Waals surface area contributed by atoms with Gasteiger partial charge in [0.15, 0.2) is 0 Å². The summed E-state index contributed by atoms with van der Waals surface area (Å²) in [6.07, 6.45) is 5.91. The van der Waals surface area contributed by atoms with Gasteiger partial charge in [0.05, 0.1) is 0 Å². The molecule has 0 unspecified atom stereocenters. The van der Waals surface area contributed by atoms with Gasteiger partial charge in [0.2, 0.25) is 0 Å². The third-order valence-electron chi connectivity index (χ3n) is 8.03. The Morgan fingerprint density at radius 3 is 1.95 bits per heavy atom. The second kappa shape index (κ2) is 9.11. The summed E-state index contributed by atoms with van der Waals surface area (Å²) in [6, 6.07) is 39.9. The van der Waals surface area contributed by atoms with Gasteiger partial charge in [-0.3, -0.25) is 0 Å². The Morgan fingerprint density at radius 1 is 0.538 bits per heavy atom. The lowest BCUT2D eigenvalue weighted by molar-refractivity contribution is 1.47. The topological polar surface area (TPSA) is 0 Å². The minimum absolute atomic E-state index is 1.08. The van der Waals surface area contributed by atoms with E-state index in [4.69, 9.17) is 0 Å². The molecule has 1 aliphatic carbocycles. The summed E-state index contributed by atoms with van der Waals surface area (Å²) in [5, 5.41) is 5.08. The van der Waals surface area contributed by atoms with E-state index >= 15 is 0 Å². The van der Waals surface area contributed by atoms with E-state index in [1.54, 1.807) is 0 Å². The standard InChI is InChI=1S/C39H28/c1-4-12-26(5-2)35-31-15-9-10-16-32(31)36(28-13-7-6-8-14-28)39-34-24-23-29(27-21-19-25(3)20-22-27)30-17-11-18-33(37(30)34)38(35)39/h4-24H,1-2H2,3H3/b26-12+. The van der Waals surface area contributed by atoms with Crippen molar-refractivity contribution in [1.29, 1.82) is 0 Å². The van der Waals surface area contributed by atoms with E-state index < -0.39 is 0 Å². The molecule has 0 nitrogen and oxygen atoms in total. The molecule has 1 aliphatic rings. The van der Waals surface area contributed by atoms with E-state index in [0.29, 0.717) is 0 Å². The molecule has 6 aromatic rings. The predicted octanol–water partition coefficient (Wildman–Crippen LogP) is 11.0. The number of hydrogen-bond donors (Lipinski definition) is 0. The molecule has 0 amide bonds. The Hall–Kier alpha value is -4.94. The van der Waals surface area contributed by atoms with Crippen molar-refractivity contribution in [2.45, 2.75) is 6.92 Å². The molecular formula is C39H28. The fourth-order valence-electron chi connectivity index (χ4n) is 6.37. The number of aryl methyl sites for hydroxylation is 1. The maximum absolute atomic E-state index is 4.21. The first-order valence-electron chi connectivity index (χ1n) is 13.4. The first-order valence-corrected chi connectivity index (χ1v) is 13.4. The summed E-state index contributed by atoms with van der Waals surface area (Å²) in [6.45, 7) is 10.4. The molecule has 39 heavy (non-hydrogen) atoms. The summed E-state index contributed by atoms with van der Waals surface area (Å²) in [7, 11) is 0. The van der Waals surface area contributed by atoms with Crippen molar-refractivity contribution in [2.24, 2.45) is 0 Å². The van der Waals surface area contributed by atoms with Crippen LogP contribution in [-0.2, 0) is 0 Å². The molecule has 0 bridgehead atoms. The minimum atomic E-state index is 1.08. The molecule has 0 heteroatoms. The lowest BCUT2D eigenvalue weighted by atomic mass is 9.82. The molecule has 7 rings (SSSR count). The molecule has 0 saturated carbocycles. The first-order chi connectivity index (χ1) is 19.2. The zero-order valence-corrected chi connectivity index (χ0v) is 22.0. The predicted molar refractivity (Wildman–Crippen MR) is 170 cm³/mol. The zero-order valence-electron chi connectivity index (χ0n) is 22.0. The van der Waals surface area contributed by atoms with Crippen molar-refractivity contribution < 1.29 is 0 Å². The van der Waals surface area contributed by atoms with Crippen LogP contribution in [0.15, 0.2) is 141 Å². The lowest BCUT2D eigenvalue weighted by Gasteiger charge is -2.20. The van der Waals surface area contributed by atoms with Crippen LogP contribution < -0.4 is 0 Å². The van der Waals surface area contributed by atoms with E-state index in [-0.39, 0.29) is 0 Å². The highest BCUT2D eigenvalue weighted by Crippen LogP contribution is 2.57. The molecule has 0 fully saturated rings. The van der Waals surface area contributed by atoms with Gasteiger partial charge in [0.25, 0.3) is 0 Å². The van der Waals surface area contributed by atoms with Crippen LogP contribution in [0.1, 0.15) is 11.1 Å².